The van der Waals surface area contributed by atoms with Gasteiger partial charge in [-0.3, -0.25) is 9.89 Å². The normalized spacial score (nSPS) is 10.2. The predicted molar refractivity (Wildman–Crippen MR) is 69.8 cm³/mol. The molecule has 0 saturated carbocycles. The summed E-state index contributed by atoms with van der Waals surface area (Å²) in [5, 5.41) is 6.48. The van der Waals surface area contributed by atoms with E-state index >= 15 is 0 Å². The third-order valence-corrected chi connectivity index (χ3v) is 2.62. The first-order chi connectivity index (χ1) is 9.22. The van der Waals surface area contributed by atoms with Crippen molar-refractivity contribution < 1.29 is 9.53 Å². The highest BCUT2D eigenvalue weighted by Crippen LogP contribution is 2.19. The molecule has 6 heteroatoms. The second kappa shape index (κ2) is 5.99. The molecular weight excluding hydrogens is 244 g/mol. The Morgan fingerprint density at radius 2 is 2.21 bits per heavy atom. The minimum absolute atomic E-state index is 0.111. The summed E-state index contributed by atoms with van der Waals surface area (Å²) in [7, 11) is 1.72. The molecule has 2 rings (SSSR count). The van der Waals surface area contributed by atoms with Gasteiger partial charge >= 0.3 is 0 Å². The van der Waals surface area contributed by atoms with Crippen molar-refractivity contribution in [2.24, 2.45) is 0 Å². The molecule has 0 atom stereocenters. The average Bonchev–Trinajstić information content (AvgIpc) is 2.92. The van der Waals surface area contributed by atoms with Gasteiger partial charge in [0.2, 0.25) is 0 Å². The summed E-state index contributed by atoms with van der Waals surface area (Å²) in [6.07, 6.45) is 1.42. The minimum Gasteiger partial charge on any atom is -0.493 e. The van der Waals surface area contributed by atoms with Crippen molar-refractivity contribution in [2.45, 2.75) is 13.5 Å². The number of rotatable bonds is 5. The molecule has 1 aromatic heterocycles. The first kappa shape index (κ1) is 13.1. The van der Waals surface area contributed by atoms with Gasteiger partial charge in [0.05, 0.1) is 18.7 Å². The molecule has 1 amide bonds. The quantitative estimate of drug-likeness (QED) is 0.883. The van der Waals surface area contributed by atoms with Crippen molar-refractivity contribution >= 4 is 5.91 Å². The molecule has 0 fully saturated rings. The molecule has 1 heterocycles. The molecule has 0 aliphatic carbocycles. The maximum atomic E-state index is 12.4. The number of carbonyl (C=O) groups excluding carboxylic acids is 1. The number of ether oxygens (including phenoxy) is 1. The van der Waals surface area contributed by atoms with Crippen LogP contribution in [-0.4, -0.2) is 39.6 Å². The topological polar surface area (TPSA) is 71.1 Å². The SMILES string of the molecule is CCOc1ccccc1C(=O)N(C)Cc1ncn[nH]1. The van der Waals surface area contributed by atoms with Gasteiger partial charge in [-0.25, -0.2) is 4.98 Å². The molecule has 100 valence electrons. The zero-order valence-corrected chi connectivity index (χ0v) is 11.0. The molecule has 1 N–H and O–H groups in total. The number of hydrogen-bond acceptors (Lipinski definition) is 4. The Morgan fingerprint density at radius 3 is 2.89 bits per heavy atom. The van der Waals surface area contributed by atoms with Crippen molar-refractivity contribution in [3.05, 3.63) is 42.0 Å². The molecular formula is C13H16N4O2. The number of carbonyl (C=O) groups is 1. The molecule has 0 bridgehead atoms. The van der Waals surface area contributed by atoms with Crippen LogP contribution in [0.4, 0.5) is 0 Å². The lowest BCUT2D eigenvalue weighted by molar-refractivity contribution is 0.0777. The van der Waals surface area contributed by atoms with E-state index in [0.717, 1.165) is 0 Å². The zero-order chi connectivity index (χ0) is 13.7. The van der Waals surface area contributed by atoms with E-state index in [1.165, 1.54) is 6.33 Å². The fourth-order valence-corrected chi connectivity index (χ4v) is 1.73. The molecule has 2 aromatic rings. The third-order valence-electron chi connectivity index (χ3n) is 2.62. The molecule has 0 saturated heterocycles. The monoisotopic (exact) mass is 260 g/mol. The smallest absolute Gasteiger partial charge is 0.257 e. The van der Waals surface area contributed by atoms with Crippen LogP contribution in [-0.2, 0) is 6.54 Å². The van der Waals surface area contributed by atoms with Gasteiger partial charge in [0.25, 0.3) is 5.91 Å². The van der Waals surface area contributed by atoms with Crippen LogP contribution in [0.5, 0.6) is 5.75 Å². The summed E-state index contributed by atoms with van der Waals surface area (Å²) in [6.45, 7) is 2.79. The molecule has 0 aliphatic rings. The minimum atomic E-state index is -0.111. The maximum Gasteiger partial charge on any atom is 0.257 e. The van der Waals surface area contributed by atoms with Gasteiger partial charge in [0, 0.05) is 7.05 Å². The summed E-state index contributed by atoms with van der Waals surface area (Å²) in [5.74, 6) is 1.13. The Labute approximate surface area is 111 Å². The third kappa shape index (κ3) is 3.09. The van der Waals surface area contributed by atoms with E-state index in [1.807, 2.05) is 19.1 Å². The van der Waals surface area contributed by atoms with Gasteiger partial charge in [0.15, 0.2) is 0 Å². The predicted octanol–water partition coefficient (Wildman–Crippen LogP) is 1.48. The second-order valence-corrected chi connectivity index (χ2v) is 4.02. The van der Waals surface area contributed by atoms with Gasteiger partial charge in [-0.1, -0.05) is 12.1 Å². The number of para-hydroxylation sites is 1. The lowest BCUT2D eigenvalue weighted by atomic mass is 10.2. The van der Waals surface area contributed by atoms with Crippen molar-refractivity contribution in [2.75, 3.05) is 13.7 Å². The first-order valence-corrected chi connectivity index (χ1v) is 6.04. The van der Waals surface area contributed by atoms with E-state index < -0.39 is 0 Å². The highest BCUT2D eigenvalue weighted by atomic mass is 16.5. The molecule has 0 radical (unpaired) electrons. The highest BCUT2D eigenvalue weighted by molar-refractivity contribution is 5.96. The van der Waals surface area contributed by atoms with Crippen LogP contribution in [0.2, 0.25) is 0 Å². The van der Waals surface area contributed by atoms with E-state index in [9.17, 15) is 4.79 Å². The number of amides is 1. The summed E-state index contributed by atoms with van der Waals surface area (Å²) in [6, 6.07) is 7.21. The lowest BCUT2D eigenvalue weighted by Crippen LogP contribution is -2.27. The second-order valence-electron chi connectivity index (χ2n) is 4.02. The Hall–Kier alpha value is -2.37. The van der Waals surface area contributed by atoms with Gasteiger partial charge in [0.1, 0.15) is 17.9 Å². The average molecular weight is 260 g/mol. The molecule has 1 aromatic carbocycles. The van der Waals surface area contributed by atoms with Crippen LogP contribution in [0.1, 0.15) is 23.1 Å². The van der Waals surface area contributed by atoms with E-state index in [0.29, 0.717) is 30.3 Å². The fourth-order valence-electron chi connectivity index (χ4n) is 1.73. The number of hydrogen-bond donors (Lipinski definition) is 1. The van der Waals surface area contributed by atoms with E-state index in [1.54, 1.807) is 24.1 Å². The van der Waals surface area contributed by atoms with Crippen LogP contribution in [0, 0.1) is 0 Å². The zero-order valence-electron chi connectivity index (χ0n) is 11.0. The van der Waals surface area contributed by atoms with Crippen LogP contribution < -0.4 is 4.74 Å². The van der Waals surface area contributed by atoms with Gasteiger partial charge < -0.3 is 9.64 Å². The molecule has 0 spiro atoms. The highest BCUT2D eigenvalue weighted by Gasteiger charge is 2.17. The summed E-state index contributed by atoms with van der Waals surface area (Å²) in [4.78, 5) is 17.9. The summed E-state index contributed by atoms with van der Waals surface area (Å²) >= 11 is 0. The molecule has 0 aliphatic heterocycles. The fraction of sp³-hybridized carbons (Fsp3) is 0.308. The van der Waals surface area contributed by atoms with Crippen molar-refractivity contribution in [3.8, 4) is 5.75 Å². The standard InChI is InChI=1S/C13H16N4O2/c1-3-19-11-7-5-4-6-10(11)13(18)17(2)8-12-14-9-15-16-12/h4-7,9H,3,8H2,1-2H3,(H,14,15,16). The van der Waals surface area contributed by atoms with E-state index in [4.69, 9.17) is 4.74 Å². The number of aromatic nitrogens is 3. The number of benzene rings is 1. The van der Waals surface area contributed by atoms with Crippen LogP contribution in [0.25, 0.3) is 0 Å². The molecule has 6 nitrogen and oxygen atoms in total. The molecule has 19 heavy (non-hydrogen) atoms. The first-order valence-electron chi connectivity index (χ1n) is 6.04. The van der Waals surface area contributed by atoms with Crippen molar-refractivity contribution in [3.63, 3.8) is 0 Å². The van der Waals surface area contributed by atoms with Crippen molar-refractivity contribution in [1.82, 2.24) is 20.1 Å². The van der Waals surface area contributed by atoms with Gasteiger partial charge in [-0.2, -0.15) is 5.10 Å². The van der Waals surface area contributed by atoms with Crippen LogP contribution in [0.15, 0.2) is 30.6 Å². The summed E-state index contributed by atoms with van der Waals surface area (Å²) < 4.78 is 5.46. The number of nitrogens with one attached hydrogen (secondary N) is 1. The van der Waals surface area contributed by atoms with E-state index in [-0.39, 0.29) is 5.91 Å². The number of H-pyrrole nitrogens is 1. The lowest BCUT2D eigenvalue weighted by Gasteiger charge is -2.17. The number of aromatic amines is 1. The Kier molecular flexibility index (Phi) is 4.12. The van der Waals surface area contributed by atoms with Crippen LogP contribution >= 0.6 is 0 Å². The Morgan fingerprint density at radius 1 is 1.42 bits per heavy atom. The van der Waals surface area contributed by atoms with Gasteiger partial charge in [-0.05, 0) is 19.1 Å². The molecule has 0 unspecified atom stereocenters. The van der Waals surface area contributed by atoms with Crippen LogP contribution in [0.3, 0.4) is 0 Å². The van der Waals surface area contributed by atoms with Gasteiger partial charge in [-0.15, -0.1) is 0 Å². The van der Waals surface area contributed by atoms with E-state index in [2.05, 4.69) is 15.2 Å². The van der Waals surface area contributed by atoms with Crippen molar-refractivity contribution in [1.29, 1.82) is 0 Å². The Bertz CT molecular complexity index is 539. The largest absolute Gasteiger partial charge is 0.493 e. The Balaban J connectivity index is 2.14. The maximum absolute atomic E-state index is 12.4. The summed E-state index contributed by atoms with van der Waals surface area (Å²) in [5.41, 5.74) is 0.548. The number of nitrogens with zero attached hydrogens (tertiary/aromatic N) is 3.